The number of likely N-dealkylation sites (tertiary alicyclic amines) is 1. The summed E-state index contributed by atoms with van der Waals surface area (Å²) >= 11 is 0. The van der Waals surface area contributed by atoms with E-state index in [1.54, 1.807) is 4.68 Å². The number of aromatic nitrogens is 4. The molecule has 0 bridgehead atoms. The quantitative estimate of drug-likeness (QED) is 0.854. The monoisotopic (exact) mass is 320 g/mol. The van der Waals surface area contributed by atoms with E-state index in [0.29, 0.717) is 13.0 Å². The lowest BCUT2D eigenvalue weighted by atomic mass is 9.81. The van der Waals surface area contributed by atoms with E-state index in [4.69, 9.17) is 0 Å². The molecule has 1 saturated heterocycles. The summed E-state index contributed by atoms with van der Waals surface area (Å²) in [5.74, 6) is 0.878. The van der Waals surface area contributed by atoms with Crippen molar-refractivity contribution in [1.29, 1.82) is 0 Å². The van der Waals surface area contributed by atoms with Gasteiger partial charge in [-0.15, -0.1) is 5.10 Å². The predicted molar refractivity (Wildman–Crippen MR) is 86.8 cm³/mol. The zero-order valence-corrected chi connectivity index (χ0v) is 14.1. The van der Waals surface area contributed by atoms with E-state index in [1.165, 1.54) is 45.2 Å². The molecule has 1 saturated carbocycles. The number of hydrogen-bond donors (Lipinski definition) is 1. The molecule has 1 aromatic heterocycles. The zero-order valence-electron chi connectivity index (χ0n) is 14.1. The van der Waals surface area contributed by atoms with Gasteiger partial charge in [0, 0.05) is 13.0 Å². The van der Waals surface area contributed by atoms with E-state index in [1.807, 2.05) is 6.92 Å². The third-order valence-electron chi connectivity index (χ3n) is 5.20. The maximum Gasteiger partial charge on any atom is 0.222 e. The summed E-state index contributed by atoms with van der Waals surface area (Å²) in [5.41, 5.74) is -0.0185. The van der Waals surface area contributed by atoms with Gasteiger partial charge in [0.25, 0.3) is 0 Å². The van der Waals surface area contributed by atoms with Gasteiger partial charge in [0.1, 0.15) is 5.82 Å². The predicted octanol–water partition coefficient (Wildman–Crippen LogP) is 1.29. The summed E-state index contributed by atoms with van der Waals surface area (Å²) in [4.78, 5) is 15.0. The lowest BCUT2D eigenvalue weighted by Crippen LogP contribution is -2.56. The van der Waals surface area contributed by atoms with Crippen molar-refractivity contribution in [3.05, 3.63) is 5.82 Å². The minimum Gasteiger partial charge on any atom is -0.349 e. The first-order chi connectivity index (χ1) is 11.2. The van der Waals surface area contributed by atoms with Crippen molar-refractivity contribution in [2.75, 3.05) is 19.6 Å². The van der Waals surface area contributed by atoms with Crippen LogP contribution < -0.4 is 5.32 Å². The van der Waals surface area contributed by atoms with E-state index in [9.17, 15) is 4.79 Å². The summed E-state index contributed by atoms with van der Waals surface area (Å²) in [6.45, 7) is 5.78. The third-order valence-corrected chi connectivity index (χ3v) is 5.20. The Morgan fingerprint density at radius 2 is 1.91 bits per heavy atom. The van der Waals surface area contributed by atoms with Gasteiger partial charge in [-0.2, -0.15) is 0 Å². The van der Waals surface area contributed by atoms with Gasteiger partial charge in [0.2, 0.25) is 5.91 Å². The summed E-state index contributed by atoms with van der Waals surface area (Å²) < 4.78 is 1.69. The van der Waals surface area contributed by atoms with Crippen molar-refractivity contribution >= 4 is 5.91 Å². The fourth-order valence-electron chi connectivity index (χ4n) is 3.94. The SMILES string of the molecule is Cc1nnnn1CCC(=O)NC1(CN2CCCC2)CCCCC1. The normalized spacial score (nSPS) is 21.4. The van der Waals surface area contributed by atoms with Gasteiger partial charge < -0.3 is 10.2 Å². The first-order valence-electron chi connectivity index (χ1n) is 8.93. The van der Waals surface area contributed by atoms with Crippen molar-refractivity contribution < 1.29 is 4.79 Å². The van der Waals surface area contributed by atoms with Gasteiger partial charge in [-0.05, 0) is 56.1 Å². The molecule has 0 radical (unpaired) electrons. The maximum atomic E-state index is 12.5. The Kier molecular flexibility index (Phi) is 5.25. The molecule has 23 heavy (non-hydrogen) atoms. The number of rotatable bonds is 6. The fourth-order valence-corrected chi connectivity index (χ4v) is 3.94. The highest BCUT2D eigenvalue weighted by atomic mass is 16.1. The van der Waals surface area contributed by atoms with Crippen LogP contribution in [0.5, 0.6) is 0 Å². The van der Waals surface area contributed by atoms with Crippen LogP contribution in [0.25, 0.3) is 0 Å². The minimum atomic E-state index is -0.0185. The standard InChI is InChI=1S/C16H28N6O/c1-14-18-19-20-22(14)12-7-15(23)17-16(8-3-2-4-9-16)13-21-10-5-6-11-21/h2-13H2,1H3,(H,17,23). The molecule has 0 spiro atoms. The van der Waals surface area contributed by atoms with Crippen molar-refractivity contribution in [3.63, 3.8) is 0 Å². The Morgan fingerprint density at radius 1 is 1.17 bits per heavy atom. The molecule has 7 nitrogen and oxygen atoms in total. The van der Waals surface area contributed by atoms with Gasteiger partial charge >= 0.3 is 0 Å². The highest BCUT2D eigenvalue weighted by Crippen LogP contribution is 2.30. The number of aryl methyl sites for hydroxylation is 2. The molecule has 7 heteroatoms. The van der Waals surface area contributed by atoms with Gasteiger partial charge in [-0.3, -0.25) is 4.79 Å². The fraction of sp³-hybridized carbons (Fsp3) is 0.875. The molecule has 1 aromatic rings. The molecule has 0 unspecified atom stereocenters. The highest BCUT2D eigenvalue weighted by molar-refractivity contribution is 5.76. The van der Waals surface area contributed by atoms with Crippen molar-refractivity contribution in [2.24, 2.45) is 0 Å². The average molecular weight is 320 g/mol. The summed E-state index contributed by atoms with van der Waals surface area (Å²) in [7, 11) is 0. The number of tetrazole rings is 1. The van der Waals surface area contributed by atoms with Gasteiger partial charge in [0.05, 0.1) is 12.1 Å². The van der Waals surface area contributed by atoms with Crippen LogP contribution in [0.2, 0.25) is 0 Å². The second-order valence-corrected chi connectivity index (χ2v) is 7.07. The average Bonchev–Trinajstić information content (AvgIpc) is 3.18. The summed E-state index contributed by atoms with van der Waals surface area (Å²) in [6, 6.07) is 0. The molecule has 0 aromatic carbocycles. The van der Waals surface area contributed by atoms with E-state index in [0.717, 1.165) is 25.2 Å². The Bertz CT molecular complexity index is 516. The molecule has 1 amide bonds. The molecular formula is C16H28N6O. The molecular weight excluding hydrogens is 292 g/mol. The first-order valence-corrected chi connectivity index (χ1v) is 8.93. The maximum absolute atomic E-state index is 12.5. The van der Waals surface area contributed by atoms with E-state index in [-0.39, 0.29) is 11.4 Å². The van der Waals surface area contributed by atoms with Crippen LogP contribution in [-0.2, 0) is 11.3 Å². The smallest absolute Gasteiger partial charge is 0.222 e. The zero-order chi connectivity index (χ0) is 16.1. The number of amides is 1. The molecule has 3 rings (SSSR count). The van der Waals surface area contributed by atoms with E-state index >= 15 is 0 Å². The number of carbonyl (C=O) groups excluding carboxylic acids is 1. The second-order valence-electron chi connectivity index (χ2n) is 7.07. The highest BCUT2D eigenvalue weighted by Gasteiger charge is 2.35. The van der Waals surface area contributed by atoms with Crippen LogP contribution >= 0.6 is 0 Å². The van der Waals surface area contributed by atoms with Gasteiger partial charge in [0.15, 0.2) is 0 Å². The number of nitrogens with zero attached hydrogens (tertiary/aromatic N) is 5. The topological polar surface area (TPSA) is 75.9 Å². The van der Waals surface area contributed by atoms with Gasteiger partial charge in [-0.1, -0.05) is 19.3 Å². The van der Waals surface area contributed by atoms with E-state index in [2.05, 4.69) is 25.7 Å². The van der Waals surface area contributed by atoms with Gasteiger partial charge in [-0.25, -0.2) is 4.68 Å². The molecule has 0 atom stereocenters. The van der Waals surface area contributed by atoms with E-state index < -0.39 is 0 Å². The van der Waals surface area contributed by atoms with Crippen molar-refractivity contribution in [3.8, 4) is 0 Å². The molecule has 2 aliphatic rings. The summed E-state index contributed by atoms with van der Waals surface area (Å²) in [5, 5.41) is 14.8. The van der Waals surface area contributed by atoms with Crippen LogP contribution in [0.4, 0.5) is 0 Å². The molecule has 1 aliphatic carbocycles. The van der Waals surface area contributed by atoms with Crippen LogP contribution in [0.15, 0.2) is 0 Å². The number of carbonyl (C=O) groups is 1. The number of nitrogens with one attached hydrogen (secondary N) is 1. The van der Waals surface area contributed by atoms with Crippen LogP contribution in [0.1, 0.15) is 57.2 Å². The number of hydrogen-bond acceptors (Lipinski definition) is 5. The summed E-state index contributed by atoms with van der Waals surface area (Å²) in [6.07, 6.45) is 8.99. The molecule has 2 heterocycles. The van der Waals surface area contributed by atoms with Crippen molar-refractivity contribution in [1.82, 2.24) is 30.4 Å². The Hall–Kier alpha value is -1.50. The largest absolute Gasteiger partial charge is 0.349 e. The van der Waals surface area contributed by atoms with Crippen LogP contribution in [0.3, 0.4) is 0 Å². The molecule has 1 aliphatic heterocycles. The lowest BCUT2D eigenvalue weighted by molar-refractivity contribution is -0.124. The lowest BCUT2D eigenvalue weighted by Gasteiger charge is -2.41. The first kappa shape index (κ1) is 16.4. The van der Waals surface area contributed by atoms with Crippen LogP contribution in [0, 0.1) is 6.92 Å². The van der Waals surface area contributed by atoms with Crippen molar-refractivity contribution in [2.45, 2.75) is 70.4 Å². The molecule has 1 N–H and O–H groups in total. The molecule has 2 fully saturated rings. The Morgan fingerprint density at radius 3 is 2.57 bits per heavy atom. The third kappa shape index (κ3) is 4.28. The Balaban J connectivity index is 1.56. The Labute approximate surface area is 137 Å². The van der Waals surface area contributed by atoms with Crippen LogP contribution in [-0.4, -0.2) is 56.2 Å². The minimum absolute atomic E-state index is 0.0185. The second kappa shape index (κ2) is 7.38. The molecule has 128 valence electrons.